The van der Waals surface area contributed by atoms with E-state index in [9.17, 15) is 4.79 Å². The Kier molecular flexibility index (Phi) is 4.59. The van der Waals surface area contributed by atoms with E-state index in [2.05, 4.69) is 15.9 Å². The Morgan fingerprint density at radius 3 is 2.76 bits per heavy atom. The van der Waals surface area contributed by atoms with Gasteiger partial charge in [0.05, 0.1) is 0 Å². The number of rotatable bonds is 3. The number of nitrogens with zero attached hydrogens (tertiary/aromatic N) is 1. The van der Waals surface area contributed by atoms with Gasteiger partial charge in [0.25, 0.3) is 5.91 Å². The van der Waals surface area contributed by atoms with E-state index in [0.717, 1.165) is 48.2 Å². The Hall–Kier alpha value is -0.390. The molecule has 0 aliphatic carbocycles. The minimum absolute atomic E-state index is 0.165. The zero-order valence-electron chi connectivity index (χ0n) is 9.69. The van der Waals surface area contributed by atoms with Crippen LogP contribution in [0.5, 0.6) is 0 Å². The van der Waals surface area contributed by atoms with Crippen LogP contribution in [0.4, 0.5) is 0 Å². The van der Waals surface area contributed by atoms with E-state index < -0.39 is 0 Å². The molecule has 1 amide bonds. The Bertz CT molecular complexity index is 386. The highest BCUT2D eigenvalue weighted by Gasteiger charge is 2.24. The minimum atomic E-state index is 0.165. The van der Waals surface area contributed by atoms with Crippen LogP contribution in [0.1, 0.15) is 28.9 Å². The van der Waals surface area contributed by atoms with Crippen molar-refractivity contribution in [2.24, 2.45) is 11.7 Å². The number of thiophene rings is 1. The summed E-state index contributed by atoms with van der Waals surface area (Å²) in [4.78, 5) is 15.0. The summed E-state index contributed by atoms with van der Waals surface area (Å²) in [6, 6.07) is 1.93. The lowest BCUT2D eigenvalue weighted by atomic mass is 9.93. The summed E-state index contributed by atoms with van der Waals surface area (Å²) in [6.45, 7) is 2.50. The van der Waals surface area contributed by atoms with Crippen LogP contribution in [0.25, 0.3) is 0 Å². The zero-order chi connectivity index (χ0) is 12.3. The molecule has 0 atom stereocenters. The molecule has 0 saturated carbocycles. The monoisotopic (exact) mass is 316 g/mol. The van der Waals surface area contributed by atoms with Gasteiger partial charge in [0.1, 0.15) is 4.88 Å². The van der Waals surface area contributed by atoms with E-state index in [1.54, 1.807) is 0 Å². The van der Waals surface area contributed by atoms with E-state index in [4.69, 9.17) is 5.73 Å². The Labute approximate surface area is 114 Å². The van der Waals surface area contributed by atoms with Gasteiger partial charge in [-0.15, -0.1) is 11.3 Å². The first-order chi connectivity index (χ1) is 8.22. The molecule has 1 aliphatic heterocycles. The van der Waals surface area contributed by atoms with E-state index >= 15 is 0 Å². The van der Waals surface area contributed by atoms with Crippen molar-refractivity contribution in [2.45, 2.75) is 19.3 Å². The molecule has 17 heavy (non-hydrogen) atoms. The second-order valence-electron chi connectivity index (χ2n) is 4.41. The van der Waals surface area contributed by atoms with Crippen LogP contribution in [0, 0.1) is 5.92 Å². The first-order valence-corrected chi connectivity index (χ1v) is 7.62. The maximum Gasteiger partial charge on any atom is 0.265 e. The van der Waals surface area contributed by atoms with E-state index in [0.29, 0.717) is 5.92 Å². The fourth-order valence-corrected chi connectivity index (χ4v) is 3.76. The van der Waals surface area contributed by atoms with Crippen molar-refractivity contribution < 1.29 is 4.79 Å². The standard InChI is InChI=1S/C12H17BrN2OS/c13-10-4-8-17-11(10)12(16)15-6-2-9(1-5-14)3-7-15/h4,8-9H,1-3,5-7,14H2. The maximum atomic E-state index is 12.2. The molecule has 5 heteroatoms. The summed E-state index contributed by atoms with van der Waals surface area (Å²) in [5.74, 6) is 0.869. The van der Waals surface area contributed by atoms with Gasteiger partial charge < -0.3 is 10.6 Å². The first kappa shape index (κ1) is 13.1. The van der Waals surface area contributed by atoms with Gasteiger partial charge in [0.15, 0.2) is 0 Å². The summed E-state index contributed by atoms with van der Waals surface area (Å²) < 4.78 is 0.914. The Morgan fingerprint density at radius 2 is 2.24 bits per heavy atom. The molecule has 1 aromatic heterocycles. The molecule has 94 valence electrons. The molecule has 0 aromatic carbocycles. The second kappa shape index (κ2) is 5.98. The molecule has 0 spiro atoms. The van der Waals surface area contributed by atoms with Gasteiger partial charge in [0.2, 0.25) is 0 Å². The normalized spacial score (nSPS) is 17.4. The molecule has 1 saturated heterocycles. The molecule has 2 N–H and O–H groups in total. The minimum Gasteiger partial charge on any atom is -0.338 e. The van der Waals surface area contributed by atoms with Crippen LogP contribution in [-0.2, 0) is 0 Å². The topological polar surface area (TPSA) is 46.3 Å². The molecule has 3 nitrogen and oxygen atoms in total. The van der Waals surface area contributed by atoms with Gasteiger partial charge in [-0.2, -0.15) is 0 Å². The number of hydrogen-bond acceptors (Lipinski definition) is 3. The molecule has 0 unspecified atom stereocenters. The van der Waals surface area contributed by atoms with Gasteiger partial charge in [-0.05, 0) is 59.1 Å². The maximum absolute atomic E-state index is 12.2. The van der Waals surface area contributed by atoms with Gasteiger partial charge in [-0.1, -0.05) is 0 Å². The smallest absolute Gasteiger partial charge is 0.265 e. The van der Waals surface area contributed by atoms with Crippen LogP contribution in [-0.4, -0.2) is 30.4 Å². The van der Waals surface area contributed by atoms with E-state index in [1.807, 2.05) is 16.3 Å². The fraction of sp³-hybridized carbons (Fsp3) is 0.583. The number of piperidine rings is 1. The van der Waals surface area contributed by atoms with Crippen LogP contribution in [0.2, 0.25) is 0 Å². The van der Waals surface area contributed by atoms with E-state index in [1.165, 1.54) is 11.3 Å². The predicted octanol–water partition coefficient (Wildman–Crippen LogP) is 2.71. The summed E-state index contributed by atoms with van der Waals surface area (Å²) >= 11 is 4.92. The average Bonchev–Trinajstić information content (AvgIpc) is 2.76. The summed E-state index contributed by atoms with van der Waals surface area (Å²) in [5.41, 5.74) is 5.57. The molecule has 2 heterocycles. The lowest BCUT2D eigenvalue weighted by molar-refractivity contribution is 0.0692. The first-order valence-electron chi connectivity index (χ1n) is 5.94. The third-order valence-corrected chi connectivity index (χ3v) is 5.11. The third kappa shape index (κ3) is 3.09. The molecular weight excluding hydrogens is 300 g/mol. The number of carbonyl (C=O) groups excluding carboxylic acids is 1. The quantitative estimate of drug-likeness (QED) is 0.932. The van der Waals surface area contributed by atoms with Crippen molar-refractivity contribution in [3.8, 4) is 0 Å². The SMILES string of the molecule is NCCC1CCN(C(=O)c2sccc2Br)CC1. The molecule has 1 aromatic rings. The number of likely N-dealkylation sites (tertiary alicyclic amines) is 1. The number of halogens is 1. The Balaban J connectivity index is 1.93. The number of amides is 1. The number of hydrogen-bond donors (Lipinski definition) is 1. The van der Waals surface area contributed by atoms with Gasteiger partial charge >= 0.3 is 0 Å². The van der Waals surface area contributed by atoms with Crippen LogP contribution >= 0.6 is 27.3 Å². The number of nitrogens with two attached hydrogens (primary N) is 1. The highest BCUT2D eigenvalue weighted by Crippen LogP contribution is 2.27. The lowest BCUT2D eigenvalue weighted by Gasteiger charge is -2.31. The molecule has 1 fully saturated rings. The average molecular weight is 317 g/mol. The van der Waals surface area contributed by atoms with Crippen molar-refractivity contribution in [1.82, 2.24) is 4.90 Å². The fourth-order valence-electron chi connectivity index (χ4n) is 2.25. The summed E-state index contributed by atoms with van der Waals surface area (Å²) in [5, 5.41) is 1.94. The van der Waals surface area contributed by atoms with Gasteiger partial charge in [0, 0.05) is 17.6 Å². The van der Waals surface area contributed by atoms with Crippen LogP contribution < -0.4 is 5.73 Å². The largest absolute Gasteiger partial charge is 0.338 e. The van der Waals surface area contributed by atoms with Crippen molar-refractivity contribution in [2.75, 3.05) is 19.6 Å². The van der Waals surface area contributed by atoms with Crippen molar-refractivity contribution in [3.63, 3.8) is 0 Å². The van der Waals surface area contributed by atoms with Gasteiger partial charge in [-0.3, -0.25) is 4.79 Å². The Morgan fingerprint density at radius 1 is 1.53 bits per heavy atom. The summed E-state index contributed by atoms with van der Waals surface area (Å²) in [6.07, 6.45) is 3.27. The van der Waals surface area contributed by atoms with Gasteiger partial charge in [-0.25, -0.2) is 0 Å². The van der Waals surface area contributed by atoms with Crippen LogP contribution in [0.15, 0.2) is 15.9 Å². The van der Waals surface area contributed by atoms with E-state index in [-0.39, 0.29) is 5.91 Å². The third-order valence-electron chi connectivity index (χ3n) is 3.29. The van der Waals surface area contributed by atoms with Crippen LogP contribution in [0.3, 0.4) is 0 Å². The molecular formula is C12H17BrN2OS. The highest BCUT2D eigenvalue weighted by molar-refractivity contribution is 9.10. The lowest BCUT2D eigenvalue weighted by Crippen LogP contribution is -2.38. The van der Waals surface area contributed by atoms with Crippen molar-refractivity contribution in [1.29, 1.82) is 0 Å². The molecule has 0 radical (unpaired) electrons. The zero-order valence-corrected chi connectivity index (χ0v) is 12.1. The molecule has 0 bridgehead atoms. The molecule has 2 rings (SSSR count). The summed E-state index contributed by atoms with van der Waals surface area (Å²) in [7, 11) is 0. The van der Waals surface area contributed by atoms with Crippen molar-refractivity contribution >= 4 is 33.2 Å². The van der Waals surface area contributed by atoms with Crippen molar-refractivity contribution in [3.05, 3.63) is 20.8 Å². The second-order valence-corrected chi connectivity index (χ2v) is 6.18. The highest BCUT2D eigenvalue weighted by atomic mass is 79.9. The predicted molar refractivity (Wildman–Crippen MR) is 74.3 cm³/mol. The number of carbonyl (C=O) groups is 1. The molecule has 1 aliphatic rings.